The second-order valence-electron chi connectivity index (χ2n) is 8.66. The first kappa shape index (κ1) is 18.7. The lowest BCUT2D eigenvalue weighted by Crippen LogP contribution is -2.51. The predicted molar refractivity (Wildman–Crippen MR) is 99.1 cm³/mol. The van der Waals surface area contributed by atoms with Gasteiger partial charge in [0.15, 0.2) is 0 Å². The maximum Gasteiger partial charge on any atom is 0.224 e. The summed E-state index contributed by atoms with van der Waals surface area (Å²) in [4.78, 5) is 29.2. The summed E-state index contributed by atoms with van der Waals surface area (Å²) in [5.41, 5.74) is 0. The molecular weight excluding hydrogens is 314 g/mol. The molecule has 5 nitrogen and oxygen atoms in total. The molecular formula is C20H35N3O2. The standard InChI is InChI=1S/C20H35N3O2/c1-15(2)5-8-19(24)22-12-9-18(10-13-22)23-11-3-4-16(14-23)20(25)21-17-6-7-17/h15-18H,3-14H2,1-2H3,(H,21,25). The Labute approximate surface area is 152 Å². The summed E-state index contributed by atoms with van der Waals surface area (Å²) >= 11 is 0. The fraction of sp³-hybridized carbons (Fsp3) is 0.900. The Morgan fingerprint density at radius 3 is 2.40 bits per heavy atom. The van der Waals surface area contributed by atoms with E-state index in [9.17, 15) is 9.59 Å². The van der Waals surface area contributed by atoms with E-state index in [1.54, 1.807) is 0 Å². The van der Waals surface area contributed by atoms with Crippen LogP contribution >= 0.6 is 0 Å². The molecule has 2 saturated heterocycles. The van der Waals surface area contributed by atoms with Crippen LogP contribution in [0.1, 0.15) is 65.2 Å². The molecule has 3 aliphatic rings. The van der Waals surface area contributed by atoms with Gasteiger partial charge in [0, 0.05) is 38.1 Å². The summed E-state index contributed by atoms with van der Waals surface area (Å²) in [6.45, 7) is 8.13. The quantitative estimate of drug-likeness (QED) is 0.801. The highest BCUT2D eigenvalue weighted by molar-refractivity contribution is 5.79. The molecule has 0 aromatic heterocycles. The van der Waals surface area contributed by atoms with Gasteiger partial charge in [-0.15, -0.1) is 0 Å². The molecule has 0 aromatic rings. The van der Waals surface area contributed by atoms with Crippen LogP contribution in [0.4, 0.5) is 0 Å². The monoisotopic (exact) mass is 349 g/mol. The van der Waals surface area contributed by atoms with Gasteiger partial charge in [-0.1, -0.05) is 13.8 Å². The van der Waals surface area contributed by atoms with Crippen molar-refractivity contribution in [3.8, 4) is 0 Å². The number of amides is 2. The number of likely N-dealkylation sites (tertiary alicyclic amines) is 2. The summed E-state index contributed by atoms with van der Waals surface area (Å²) in [7, 11) is 0. The van der Waals surface area contributed by atoms with Gasteiger partial charge in [0.2, 0.25) is 11.8 Å². The van der Waals surface area contributed by atoms with Crippen LogP contribution in [0.2, 0.25) is 0 Å². The van der Waals surface area contributed by atoms with E-state index in [1.165, 1.54) is 0 Å². The lowest BCUT2D eigenvalue weighted by molar-refractivity contribution is -0.133. The Kier molecular flexibility index (Phi) is 6.37. The molecule has 0 bridgehead atoms. The molecule has 2 heterocycles. The summed E-state index contributed by atoms with van der Waals surface area (Å²) in [6, 6.07) is 1.01. The summed E-state index contributed by atoms with van der Waals surface area (Å²) in [5.74, 6) is 1.36. The Balaban J connectivity index is 1.42. The van der Waals surface area contributed by atoms with Gasteiger partial charge in [0.1, 0.15) is 0 Å². The molecule has 1 saturated carbocycles. The first-order valence-electron chi connectivity index (χ1n) is 10.3. The largest absolute Gasteiger partial charge is 0.353 e. The zero-order valence-electron chi connectivity index (χ0n) is 16.0. The van der Waals surface area contributed by atoms with E-state index >= 15 is 0 Å². The van der Waals surface area contributed by atoms with Gasteiger partial charge in [0.25, 0.3) is 0 Å². The van der Waals surface area contributed by atoms with Crippen molar-refractivity contribution in [2.24, 2.45) is 11.8 Å². The summed E-state index contributed by atoms with van der Waals surface area (Å²) < 4.78 is 0. The first-order valence-corrected chi connectivity index (χ1v) is 10.3. The zero-order chi connectivity index (χ0) is 17.8. The van der Waals surface area contributed by atoms with Crippen molar-refractivity contribution in [3.05, 3.63) is 0 Å². The SMILES string of the molecule is CC(C)CCC(=O)N1CCC(N2CCCC(C(=O)NC3CC3)C2)CC1. The van der Waals surface area contributed by atoms with E-state index in [-0.39, 0.29) is 11.8 Å². The Bertz CT molecular complexity index is 468. The molecule has 0 radical (unpaired) electrons. The summed E-state index contributed by atoms with van der Waals surface area (Å²) in [5, 5.41) is 3.17. The van der Waals surface area contributed by atoms with Crippen LogP contribution in [0.15, 0.2) is 0 Å². The van der Waals surface area contributed by atoms with Crippen molar-refractivity contribution in [3.63, 3.8) is 0 Å². The van der Waals surface area contributed by atoms with Crippen LogP contribution in [-0.2, 0) is 9.59 Å². The number of nitrogens with zero attached hydrogens (tertiary/aromatic N) is 2. The van der Waals surface area contributed by atoms with E-state index in [1.807, 2.05) is 0 Å². The Hall–Kier alpha value is -1.10. The van der Waals surface area contributed by atoms with Gasteiger partial charge in [-0.3, -0.25) is 14.5 Å². The maximum absolute atomic E-state index is 12.4. The molecule has 3 fully saturated rings. The molecule has 142 valence electrons. The Morgan fingerprint density at radius 1 is 1.04 bits per heavy atom. The number of piperidine rings is 2. The highest BCUT2D eigenvalue weighted by atomic mass is 16.2. The fourth-order valence-electron chi connectivity index (χ4n) is 4.15. The van der Waals surface area contributed by atoms with Gasteiger partial charge in [0.05, 0.1) is 5.92 Å². The summed E-state index contributed by atoms with van der Waals surface area (Å²) in [6.07, 6.45) is 8.27. The lowest BCUT2D eigenvalue weighted by Gasteiger charge is -2.42. The minimum atomic E-state index is 0.167. The number of hydrogen-bond donors (Lipinski definition) is 1. The fourth-order valence-corrected chi connectivity index (χ4v) is 4.15. The van der Waals surface area contributed by atoms with Crippen LogP contribution < -0.4 is 5.32 Å². The van der Waals surface area contributed by atoms with Crippen molar-refractivity contribution >= 4 is 11.8 Å². The van der Waals surface area contributed by atoms with Gasteiger partial charge < -0.3 is 10.2 Å². The van der Waals surface area contributed by atoms with Gasteiger partial charge in [-0.25, -0.2) is 0 Å². The molecule has 1 N–H and O–H groups in total. The van der Waals surface area contributed by atoms with Gasteiger partial charge >= 0.3 is 0 Å². The molecule has 5 heteroatoms. The van der Waals surface area contributed by atoms with Crippen LogP contribution in [-0.4, -0.2) is 59.9 Å². The lowest BCUT2D eigenvalue weighted by atomic mass is 9.93. The van der Waals surface area contributed by atoms with E-state index in [4.69, 9.17) is 0 Å². The van der Waals surface area contributed by atoms with E-state index < -0.39 is 0 Å². The van der Waals surface area contributed by atoms with Crippen molar-refractivity contribution in [1.82, 2.24) is 15.1 Å². The van der Waals surface area contributed by atoms with Crippen LogP contribution in [0.5, 0.6) is 0 Å². The van der Waals surface area contributed by atoms with Gasteiger partial charge in [-0.05, 0) is 57.4 Å². The smallest absolute Gasteiger partial charge is 0.224 e. The topological polar surface area (TPSA) is 52.7 Å². The second kappa shape index (κ2) is 8.52. The number of rotatable bonds is 6. The minimum absolute atomic E-state index is 0.167. The number of carbonyl (C=O) groups excluding carboxylic acids is 2. The highest BCUT2D eigenvalue weighted by Crippen LogP contribution is 2.26. The molecule has 3 rings (SSSR count). The molecule has 1 atom stereocenters. The van der Waals surface area contributed by atoms with Crippen molar-refractivity contribution in [2.45, 2.75) is 77.3 Å². The third-order valence-electron chi connectivity index (χ3n) is 6.02. The molecule has 2 aliphatic heterocycles. The molecule has 0 aromatic carbocycles. The van der Waals surface area contributed by atoms with E-state index in [0.29, 0.717) is 30.3 Å². The van der Waals surface area contributed by atoms with Crippen LogP contribution in [0.25, 0.3) is 0 Å². The molecule has 1 aliphatic carbocycles. The molecule has 25 heavy (non-hydrogen) atoms. The van der Waals surface area contributed by atoms with Gasteiger partial charge in [-0.2, -0.15) is 0 Å². The number of carbonyl (C=O) groups is 2. The number of nitrogens with one attached hydrogen (secondary N) is 1. The second-order valence-corrected chi connectivity index (χ2v) is 8.66. The van der Waals surface area contributed by atoms with Crippen LogP contribution in [0, 0.1) is 11.8 Å². The third-order valence-corrected chi connectivity index (χ3v) is 6.02. The Morgan fingerprint density at radius 2 is 1.76 bits per heavy atom. The predicted octanol–water partition coefficient (Wildman–Crippen LogP) is 2.40. The molecule has 1 unspecified atom stereocenters. The normalized spacial score (nSPS) is 26.0. The molecule has 2 amide bonds. The zero-order valence-corrected chi connectivity index (χ0v) is 16.0. The maximum atomic E-state index is 12.4. The minimum Gasteiger partial charge on any atom is -0.353 e. The number of hydrogen-bond acceptors (Lipinski definition) is 3. The van der Waals surface area contributed by atoms with Crippen molar-refractivity contribution < 1.29 is 9.59 Å². The van der Waals surface area contributed by atoms with Crippen molar-refractivity contribution in [1.29, 1.82) is 0 Å². The molecule has 0 spiro atoms. The van der Waals surface area contributed by atoms with Crippen molar-refractivity contribution in [2.75, 3.05) is 26.2 Å². The van der Waals surface area contributed by atoms with E-state index in [2.05, 4.69) is 29.0 Å². The highest BCUT2D eigenvalue weighted by Gasteiger charge is 2.34. The first-order chi connectivity index (χ1) is 12.0. The average Bonchev–Trinajstić information content (AvgIpc) is 3.44. The van der Waals surface area contributed by atoms with Crippen LogP contribution in [0.3, 0.4) is 0 Å². The average molecular weight is 350 g/mol. The van der Waals surface area contributed by atoms with E-state index in [0.717, 1.165) is 71.1 Å². The third kappa shape index (κ3) is 5.44.